The molecule has 1 N–H and O–H groups in total. The average Bonchev–Trinajstić information content (AvgIpc) is 3.12. The second-order valence-electron chi connectivity index (χ2n) is 8.96. The third-order valence-corrected chi connectivity index (χ3v) is 6.01. The summed E-state index contributed by atoms with van der Waals surface area (Å²) in [6.45, 7) is 8.58. The number of carbonyl (C=O) groups is 2. The zero-order chi connectivity index (χ0) is 24.1. The van der Waals surface area contributed by atoms with Crippen LogP contribution in [0.25, 0.3) is 5.76 Å². The van der Waals surface area contributed by atoms with E-state index in [0.29, 0.717) is 55.7 Å². The molecule has 1 aromatic carbocycles. The number of Topliss-reactive ketones (excluding diaryl/α,β-unsaturated/α-hetero) is 1. The number of benzene rings is 1. The average molecular weight is 466 g/mol. The van der Waals surface area contributed by atoms with Crippen LogP contribution in [0.15, 0.2) is 54.4 Å². The molecule has 2 fully saturated rings. The first kappa shape index (κ1) is 23.9. The van der Waals surface area contributed by atoms with Gasteiger partial charge < -0.3 is 19.5 Å². The van der Waals surface area contributed by atoms with Gasteiger partial charge in [0.2, 0.25) is 0 Å². The van der Waals surface area contributed by atoms with Gasteiger partial charge in [0.1, 0.15) is 11.5 Å². The Bertz CT molecular complexity index is 1030. The van der Waals surface area contributed by atoms with E-state index in [1.54, 1.807) is 47.6 Å². The minimum absolute atomic E-state index is 0.0795. The molecule has 1 amide bonds. The molecule has 34 heavy (non-hydrogen) atoms. The number of pyridine rings is 1. The molecule has 0 spiro atoms. The molecule has 4 rings (SSSR count). The Balaban J connectivity index is 1.64. The molecule has 1 atom stereocenters. The number of aliphatic hydroxyl groups is 1. The van der Waals surface area contributed by atoms with E-state index >= 15 is 0 Å². The molecular formula is C26H31N3O5. The first-order valence-corrected chi connectivity index (χ1v) is 11.7. The summed E-state index contributed by atoms with van der Waals surface area (Å²) in [5.74, 6) is -0.425. The van der Waals surface area contributed by atoms with Crippen molar-refractivity contribution in [3.8, 4) is 5.75 Å². The monoisotopic (exact) mass is 465 g/mol. The topological polar surface area (TPSA) is 92.2 Å². The zero-order valence-corrected chi connectivity index (χ0v) is 19.6. The van der Waals surface area contributed by atoms with Crippen LogP contribution >= 0.6 is 0 Å². The molecular weight excluding hydrogens is 434 g/mol. The van der Waals surface area contributed by atoms with Gasteiger partial charge >= 0.3 is 0 Å². The van der Waals surface area contributed by atoms with Crippen LogP contribution in [-0.4, -0.2) is 77.6 Å². The number of morpholine rings is 1. The van der Waals surface area contributed by atoms with E-state index in [-0.39, 0.29) is 11.3 Å². The lowest BCUT2D eigenvalue weighted by Gasteiger charge is -2.30. The fourth-order valence-electron chi connectivity index (χ4n) is 4.20. The van der Waals surface area contributed by atoms with Crippen molar-refractivity contribution in [2.45, 2.75) is 19.9 Å². The Kier molecular flexibility index (Phi) is 7.59. The minimum Gasteiger partial charge on any atom is -0.507 e. The van der Waals surface area contributed by atoms with E-state index in [1.165, 1.54) is 0 Å². The molecule has 2 aromatic rings. The Morgan fingerprint density at radius 2 is 1.88 bits per heavy atom. The van der Waals surface area contributed by atoms with E-state index in [2.05, 4.69) is 23.7 Å². The predicted molar refractivity (Wildman–Crippen MR) is 127 cm³/mol. The molecule has 8 nitrogen and oxygen atoms in total. The minimum atomic E-state index is -0.702. The van der Waals surface area contributed by atoms with Gasteiger partial charge in [-0.25, -0.2) is 0 Å². The number of hydrogen-bond donors (Lipinski definition) is 1. The molecule has 2 saturated heterocycles. The number of hydrogen-bond acceptors (Lipinski definition) is 7. The second-order valence-corrected chi connectivity index (χ2v) is 8.96. The molecule has 1 aromatic heterocycles. The smallest absolute Gasteiger partial charge is 0.295 e. The van der Waals surface area contributed by atoms with Crippen molar-refractivity contribution in [2.75, 3.05) is 46.0 Å². The summed E-state index contributed by atoms with van der Waals surface area (Å²) in [7, 11) is 0. The molecule has 0 saturated carbocycles. The zero-order valence-electron chi connectivity index (χ0n) is 19.6. The number of ketones is 1. The fourth-order valence-corrected chi connectivity index (χ4v) is 4.20. The van der Waals surface area contributed by atoms with Crippen molar-refractivity contribution >= 4 is 17.4 Å². The number of likely N-dealkylation sites (tertiary alicyclic amines) is 1. The summed E-state index contributed by atoms with van der Waals surface area (Å²) in [5, 5.41) is 11.2. The number of carbonyl (C=O) groups excluding carboxylic acids is 2. The van der Waals surface area contributed by atoms with Crippen LogP contribution in [0.5, 0.6) is 5.75 Å². The van der Waals surface area contributed by atoms with Crippen molar-refractivity contribution in [1.29, 1.82) is 0 Å². The maximum Gasteiger partial charge on any atom is 0.295 e. The second kappa shape index (κ2) is 10.8. The van der Waals surface area contributed by atoms with Crippen molar-refractivity contribution in [1.82, 2.24) is 14.8 Å². The van der Waals surface area contributed by atoms with Crippen LogP contribution in [0.4, 0.5) is 0 Å². The largest absolute Gasteiger partial charge is 0.507 e. The molecule has 0 unspecified atom stereocenters. The Labute approximate surface area is 199 Å². The summed E-state index contributed by atoms with van der Waals surface area (Å²) in [6, 6.07) is 9.79. The summed E-state index contributed by atoms with van der Waals surface area (Å²) in [6.07, 6.45) is 3.27. The van der Waals surface area contributed by atoms with Gasteiger partial charge in [-0.2, -0.15) is 0 Å². The first-order chi connectivity index (χ1) is 16.5. The normalized spacial score (nSPS) is 20.8. The Morgan fingerprint density at radius 3 is 2.53 bits per heavy atom. The number of aromatic nitrogens is 1. The summed E-state index contributed by atoms with van der Waals surface area (Å²) in [4.78, 5) is 34.1. The highest BCUT2D eigenvalue weighted by molar-refractivity contribution is 6.46. The van der Waals surface area contributed by atoms with Gasteiger partial charge in [-0.3, -0.25) is 19.5 Å². The summed E-state index contributed by atoms with van der Waals surface area (Å²) < 4.78 is 11.1. The number of ether oxygens (including phenoxy) is 2. The molecule has 2 aliphatic rings. The van der Waals surface area contributed by atoms with Crippen LogP contribution < -0.4 is 4.74 Å². The van der Waals surface area contributed by atoms with E-state index in [1.807, 2.05) is 6.07 Å². The number of nitrogens with zero attached hydrogens (tertiary/aromatic N) is 3. The molecule has 8 heteroatoms. The number of rotatable bonds is 8. The van der Waals surface area contributed by atoms with Crippen molar-refractivity contribution in [3.05, 3.63) is 65.5 Å². The highest BCUT2D eigenvalue weighted by atomic mass is 16.5. The molecule has 2 aliphatic heterocycles. The van der Waals surface area contributed by atoms with Gasteiger partial charge in [-0.15, -0.1) is 0 Å². The lowest BCUT2D eigenvalue weighted by atomic mass is 9.96. The van der Waals surface area contributed by atoms with E-state index in [4.69, 9.17) is 9.47 Å². The summed E-state index contributed by atoms with van der Waals surface area (Å²) in [5.41, 5.74) is 1.22. The molecule has 180 valence electrons. The number of aliphatic hydroxyl groups excluding tert-OH is 1. The molecule has 0 radical (unpaired) electrons. The summed E-state index contributed by atoms with van der Waals surface area (Å²) >= 11 is 0. The highest BCUT2D eigenvalue weighted by Gasteiger charge is 2.46. The third-order valence-electron chi connectivity index (χ3n) is 6.01. The van der Waals surface area contributed by atoms with Gasteiger partial charge in [0.05, 0.1) is 31.4 Å². The van der Waals surface area contributed by atoms with Crippen LogP contribution in [0.3, 0.4) is 0 Å². The maximum atomic E-state index is 13.1. The molecule has 0 bridgehead atoms. The highest BCUT2D eigenvalue weighted by Crippen LogP contribution is 2.39. The third kappa shape index (κ3) is 5.29. The standard InChI is InChI=1S/C26H31N3O5/c1-18(2)17-34-21-7-5-19(6-8-21)24(30)22-23(20-4-3-9-27-16-20)29(26(32)25(22)31)11-10-28-12-14-33-15-13-28/h3-9,16,18,23,30H,10-15,17H2,1-2H3/b24-22+/t23-/m0/s1. The number of amides is 1. The van der Waals surface area contributed by atoms with E-state index in [9.17, 15) is 14.7 Å². The van der Waals surface area contributed by atoms with E-state index < -0.39 is 17.7 Å². The van der Waals surface area contributed by atoms with Crippen LogP contribution in [0.1, 0.15) is 31.0 Å². The first-order valence-electron chi connectivity index (χ1n) is 11.7. The molecule has 0 aliphatic carbocycles. The Morgan fingerprint density at radius 1 is 1.15 bits per heavy atom. The van der Waals surface area contributed by atoms with Crippen LogP contribution in [0, 0.1) is 5.92 Å². The van der Waals surface area contributed by atoms with Gasteiger partial charge in [0.15, 0.2) is 0 Å². The van der Waals surface area contributed by atoms with Crippen molar-refractivity contribution < 1.29 is 24.2 Å². The van der Waals surface area contributed by atoms with E-state index in [0.717, 1.165) is 13.1 Å². The van der Waals surface area contributed by atoms with Crippen LogP contribution in [-0.2, 0) is 14.3 Å². The van der Waals surface area contributed by atoms with Gasteiger partial charge in [0, 0.05) is 44.1 Å². The lowest BCUT2D eigenvalue weighted by molar-refractivity contribution is -0.140. The van der Waals surface area contributed by atoms with Gasteiger partial charge in [-0.1, -0.05) is 19.9 Å². The maximum absolute atomic E-state index is 13.1. The van der Waals surface area contributed by atoms with Gasteiger partial charge in [-0.05, 0) is 41.8 Å². The van der Waals surface area contributed by atoms with Crippen molar-refractivity contribution in [2.24, 2.45) is 5.92 Å². The van der Waals surface area contributed by atoms with Crippen LogP contribution in [0.2, 0.25) is 0 Å². The van der Waals surface area contributed by atoms with Crippen molar-refractivity contribution in [3.63, 3.8) is 0 Å². The van der Waals surface area contributed by atoms with Gasteiger partial charge in [0.25, 0.3) is 11.7 Å². The SMILES string of the molecule is CC(C)COc1ccc(/C(O)=C2\C(=O)C(=O)N(CCN3CCOCC3)[C@H]2c2cccnc2)cc1. The molecule has 3 heterocycles. The lowest BCUT2D eigenvalue weighted by Crippen LogP contribution is -2.42. The fraction of sp³-hybridized carbons (Fsp3) is 0.423. The Hall–Kier alpha value is -3.23. The predicted octanol–water partition coefficient (Wildman–Crippen LogP) is 2.87. The quantitative estimate of drug-likeness (QED) is 0.364.